The molecule has 2 aromatic carbocycles. The molecule has 0 saturated carbocycles. The van der Waals surface area contributed by atoms with Crippen molar-refractivity contribution in [3.05, 3.63) is 65.2 Å². The fraction of sp³-hybridized carbons (Fsp3) is 0.391. The van der Waals surface area contributed by atoms with Crippen LogP contribution >= 0.6 is 0 Å². The summed E-state index contributed by atoms with van der Waals surface area (Å²) in [6.45, 7) is 3.55. The zero-order chi connectivity index (χ0) is 20.8. The van der Waals surface area contributed by atoms with Gasteiger partial charge in [0.2, 0.25) is 0 Å². The Kier molecular flexibility index (Phi) is 7.01. The van der Waals surface area contributed by atoms with Gasteiger partial charge in [0.25, 0.3) is 5.91 Å². The minimum atomic E-state index is -0.513. The normalized spacial score (nSPS) is 18.6. The number of carbonyl (C=O) groups is 1. The second kappa shape index (κ2) is 9.67. The molecule has 3 rings (SSSR count). The number of hydrogen-bond acceptors (Lipinski definition) is 5. The third kappa shape index (κ3) is 5.43. The van der Waals surface area contributed by atoms with E-state index in [2.05, 4.69) is 15.2 Å². The molecule has 1 heterocycles. The summed E-state index contributed by atoms with van der Waals surface area (Å²) in [7, 11) is 5.66. The molecular formula is C23H29N3O3. The highest BCUT2D eigenvalue weighted by molar-refractivity contribution is 6.41. The molecule has 0 fully saturated rings. The number of nitrogens with zero attached hydrogens (tertiary/aromatic N) is 2. The SMILES string of the molecule is COc1ccc([C@H]2O[C@H](c3ccc(C)cc3)N=C2C(=O)NCCCN(C)C)cc1. The van der Waals surface area contributed by atoms with Crippen LogP contribution in [0.25, 0.3) is 0 Å². The van der Waals surface area contributed by atoms with Crippen LogP contribution in [0.1, 0.15) is 35.4 Å². The van der Waals surface area contributed by atoms with E-state index in [0.29, 0.717) is 12.3 Å². The van der Waals surface area contributed by atoms with Gasteiger partial charge in [0.1, 0.15) is 17.6 Å². The Labute approximate surface area is 172 Å². The van der Waals surface area contributed by atoms with Crippen LogP contribution in [0.4, 0.5) is 0 Å². The van der Waals surface area contributed by atoms with Crippen LogP contribution in [0.2, 0.25) is 0 Å². The maximum absolute atomic E-state index is 12.9. The molecule has 1 aliphatic rings. The second-order valence-electron chi connectivity index (χ2n) is 7.48. The largest absolute Gasteiger partial charge is 0.497 e. The van der Waals surface area contributed by atoms with Gasteiger partial charge in [0, 0.05) is 12.1 Å². The molecule has 0 aliphatic carbocycles. The van der Waals surface area contributed by atoms with Gasteiger partial charge in [-0.25, -0.2) is 4.99 Å². The summed E-state index contributed by atoms with van der Waals surface area (Å²) in [4.78, 5) is 19.6. The Morgan fingerprint density at radius 3 is 2.38 bits per heavy atom. The fourth-order valence-corrected chi connectivity index (χ4v) is 3.18. The molecule has 1 amide bonds. The number of hydrogen-bond donors (Lipinski definition) is 1. The van der Waals surface area contributed by atoms with Gasteiger partial charge in [-0.15, -0.1) is 0 Å². The summed E-state index contributed by atoms with van der Waals surface area (Å²) in [5, 5.41) is 2.98. The highest BCUT2D eigenvalue weighted by atomic mass is 16.5. The van der Waals surface area contributed by atoms with E-state index in [1.165, 1.54) is 5.56 Å². The van der Waals surface area contributed by atoms with E-state index in [1.807, 2.05) is 69.6 Å². The number of benzene rings is 2. The van der Waals surface area contributed by atoms with Gasteiger partial charge in [-0.3, -0.25) is 4.79 Å². The number of carbonyl (C=O) groups excluding carboxylic acids is 1. The number of nitrogens with one attached hydrogen (secondary N) is 1. The lowest BCUT2D eigenvalue weighted by Gasteiger charge is -2.16. The zero-order valence-corrected chi connectivity index (χ0v) is 17.5. The quantitative estimate of drug-likeness (QED) is 0.697. The van der Waals surface area contributed by atoms with Crippen LogP contribution in [-0.4, -0.2) is 50.8 Å². The summed E-state index contributed by atoms with van der Waals surface area (Å²) in [5.41, 5.74) is 3.39. The first-order valence-corrected chi connectivity index (χ1v) is 9.84. The lowest BCUT2D eigenvalue weighted by Crippen LogP contribution is -2.35. The zero-order valence-electron chi connectivity index (χ0n) is 17.5. The lowest BCUT2D eigenvalue weighted by molar-refractivity contribution is -0.115. The van der Waals surface area contributed by atoms with E-state index in [9.17, 15) is 4.79 Å². The average Bonchev–Trinajstić information content (AvgIpc) is 3.17. The van der Waals surface area contributed by atoms with E-state index in [4.69, 9.17) is 9.47 Å². The molecule has 6 nitrogen and oxygen atoms in total. The molecule has 2 aromatic rings. The van der Waals surface area contributed by atoms with Crippen molar-refractivity contribution in [3.63, 3.8) is 0 Å². The van der Waals surface area contributed by atoms with Crippen molar-refractivity contribution in [2.24, 2.45) is 4.99 Å². The highest BCUT2D eigenvalue weighted by Gasteiger charge is 2.35. The van der Waals surface area contributed by atoms with Crippen LogP contribution in [0.15, 0.2) is 53.5 Å². The van der Waals surface area contributed by atoms with Crippen molar-refractivity contribution in [2.45, 2.75) is 25.7 Å². The third-order valence-corrected chi connectivity index (χ3v) is 4.85. The number of aliphatic imine (C=N–C) groups is 1. The molecule has 0 bridgehead atoms. The van der Waals surface area contributed by atoms with Crippen LogP contribution in [0, 0.1) is 6.92 Å². The highest BCUT2D eigenvalue weighted by Crippen LogP contribution is 2.36. The Morgan fingerprint density at radius 2 is 1.76 bits per heavy atom. The molecule has 0 saturated heterocycles. The fourth-order valence-electron chi connectivity index (χ4n) is 3.18. The maximum Gasteiger partial charge on any atom is 0.268 e. The van der Waals surface area contributed by atoms with Crippen LogP contribution in [-0.2, 0) is 9.53 Å². The summed E-state index contributed by atoms with van der Waals surface area (Å²) < 4.78 is 11.4. The molecule has 1 aliphatic heterocycles. The van der Waals surface area contributed by atoms with Crippen molar-refractivity contribution >= 4 is 11.6 Å². The van der Waals surface area contributed by atoms with Gasteiger partial charge in [0.05, 0.1) is 7.11 Å². The smallest absolute Gasteiger partial charge is 0.268 e. The Morgan fingerprint density at radius 1 is 1.10 bits per heavy atom. The van der Waals surface area contributed by atoms with Gasteiger partial charge < -0.3 is 19.7 Å². The maximum atomic E-state index is 12.9. The molecule has 2 atom stereocenters. The van der Waals surface area contributed by atoms with E-state index in [1.54, 1.807) is 7.11 Å². The number of aryl methyl sites for hydroxylation is 1. The van der Waals surface area contributed by atoms with Crippen LogP contribution in [0.3, 0.4) is 0 Å². The predicted molar refractivity (Wildman–Crippen MR) is 114 cm³/mol. The number of rotatable bonds is 8. The average molecular weight is 396 g/mol. The van der Waals surface area contributed by atoms with Gasteiger partial charge in [0.15, 0.2) is 6.23 Å². The van der Waals surface area contributed by atoms with Crippen LogP contribution < -0.4 is 10.1 Å². The van der Waals surface area contributed by atoms with Crippen molar-refractivity contribution < 1.29 is 14.3 Å². The standard InChI is InChI=1S/C23H29N3O3/c1-16-6-8-18(9-7-16)23-25-20(22(27)24-14-5-15-26(2)3)21(29-23)17-10-12-19(28-4)13-11-17/h6-13,21,23H,5,14-15H2,1-4H3,(H,24,27)/t21-,23-/m1/s1. The Hall–Kier alpha value is -2.70. The Balaban J connectivity index is 1.79. The van der Waals surface area contributed by atoms with E-state index < -0.39 is 12.3 Å². The molecule has 0 aromatic heterocycles. The molecule has 154 valence electrons. The summed E-state index contributed by atoms with van der Waals surface area (Å²) >= 11 is 0. The first kappa shape index (κ1) is 21.0. The third-order valence-electron chi connectivity index (χ3n) is 4.85. The Bertz CT molecular complexity index is 845. The van der Waals surface area contributed by atoms with E-state index in [0.717, 1.165) is 29.8 Å². The number of ether oxygens (including phenoxy) is 2. The van der Waals surface area contributed by atoms with Gasteiger partial charge in [-0.2, -0.15) is 0 Å². The van der Waals surface area contributed by atoms with E-state index in [-0.39, 0.29) is 5.91 Å². The van der Waals surface area contributed by atoms with E-state index >= 15 is 0 Å². The molecule has 0 spiro atoms. The predicted octanol–water partition coefficient (Wildman–Crippen LogP) is 3.28. The summed E-state index contributed by atoms with van der Waals surface area (Å²) in [6.07, 6.45) is -0.132. The topological polar surface area (TPSA) is 63.2 Å². The molecule has 0 radical (unpaired) electrons. The minimum Gasteiger partial charge on any atom is -0.497 e. The molecule has 6 heteroatoms. The van der Waals surface area contributed by atoms with Crippen molar-refractivity contribution in [1.29, 1.82) is 0 Å². The first-order chi connectivity index (χ1) is 14.0. The summed E-state index contributed by atoms with van der Waals surface area (Å²) in [6, 6.07) is 15.6. The number of methoxy groups -OCH3 is 1. The molecule has 29 heavy (non-hydrogen) atoms. The monoisotopic (exact) mass is 395 g/mol. The first-order valence-electron chi connectivity index (χ1n) is 9.84. The van der Waals surface area contributed by atoms with Crippen molar-refractivity contribution in [3.8, 4) is 5.75 Å². The van der Waals surface area contributed by atoms with Crippen molar-refractivity contribution in [2.75, 3.05) is 34.3 Å². The molecule has 0 unspecified atom stereocenters. The molecule has 1 N–H and O–H groups in total. The summed E-state index contributed by atoms with van der Waals surface area (Å²) in [5.74, 6) is 0.577. The van der Waals surface area contributed by atoms with Crippen molar-refractivity contribution in [1.82, 2.24) is 10.2 Å². The number of amides is 1. The van der Waals surface area contributed by atoms with Gasteiger partial charge >= 0.3 is 0 Å². The molecular weight excluding hydrogens is 366 g/mol. The van der Waals surface area contributed by atoms with Crippen LogP contribution in [0.5, 0.6) is 5.75 Å². The van der Waals surface area contributed by atoms with Gasteiger partial charge in [-0.05, 0) is 51.7 Å². The second-order valence-corrected chi connectivity index (χ2v) is 7.48. The minimum absolute atomic E-state index is 0.181. The lowest BCUT2D eigenvalue weighted by atomic mass is 10.0. The van der Waals surface area contributed by atoms with Gasteiger partial charge in [-0.1, -0.05) is 42.0 Å².